The third-order valence-electron chi connectivity index (χ3n) is 4.77. The van der Waals surface area contributed by atoms with E-state index < -0.39 is 21.6 Å². The number of sulfone groups is 1. The standard InChI is InChI=1S/C23H22F3NO3S/c1-3-31(28,29)22-7-5-4-6-21(22)30-20-14-12-19(13-15-20)27-16(2)17-8-10-18(11-9-17)23(24,25)26/h4-16,27H,3H2,1-2H3. The van der Waals surface area contributed by atoms with Crippen LogP contribution in [0.5, 0.6) is 11.5 Å². The van der Waals surface area contributed by atoms with Gasteiger partial charge in [0.05, 0.1) is 11.3 Å². The Hall–Kier alpha value is -3.00. The molecule has 0 amide bonds. The number of rotatable bonds is 7. The number of benzene rings is 3. The average molecular weight is 449 g/mol. The molecule has 0 heterocycles. The third-order valence-corrected chi connectivity index (χ3v) is 6.54. The number of ether oxygens (including phenoxy) is 1. The number of nitrogens with one attached hydrogen (secondary N) is 1. The summed E-state index contributed by atoms with van der Waals surface area (Å²) in [6.45, 7) is 3.42. The van der Waals surface area contributed by atoms with Crippen molar-refractivity contribution >= 4 is 15.5 Å². The van der Waals surface area contributed by atoms with E-state index in [0.29, 0.717) is 11.3 Å². The molecule has 3 aromatic carbocycles. The first-order valence-corrected chi connectivity index (χ1v) is 11.3. The fraction of sp³-hybridized carbons (Fsp3) is 0.217. The van der Waals surface area contributed by atoms with Crippen LogP contribution in [0.3, 0.4) is 0 Å². The average Bonchev–Trinajstić information content (AvgIpc) is 2.75. The van der Waals surface area contributed by atoms with Crippen LogP contribution >= 0.6 is 0 Å². The van der Waals surface area contributed by atoms with E-state index in [1.807, 2.05) is 6.92 Å². The minimum absolute atomic E-state index is 0.0297. The van der Waals surface area contributed by atoms with E-state index in [0.717, 1.165) is 17.8 Å². The lowest BCUT2D eigenvalue weighted by Crippen LogP contribution is -2.08. The van der Waals surface area contributed by atoms with Crippen LogP contribution in [0.25, 0.3) is 0 Å². The predicted molar refractivity (Wildman–Crippen MR) is 114 cm³/mol. The van der Waals surface area contributed by atoms with Crippen LogP contribution in [0.1, 0.15) is 31.0 Å². The van der Waals surface area contributed by atoms with Crippen molar-refractivity contribution in [3.05, 3.63) is 83.9 Å². The second-order valence-corrected chi connectivity index (χ2v) is 9.21. The van der Waals surface area contributed by atoms with E-state index in [4.69, 9.17) is 4.74 Å². The van der Waals surface area contributed by atoms with Gasteiger partial charge in [-0.1, -0.05) is 31.2 Å². The third kappa shape index (κ3) is 5.58. The van der Waals surface area contributed by atoms with Crippen molar-refractivity contribution in [1.82, 2.24) is 0 Å². The molecule has 0 aliphatic heterocycles. The maximum absolute atomic E-state index is 12.7. The molecule has 0 aliphatic carbocycles. The second kappa shape index (κ2) is 9.01. The van der Waals surface area contributed by atoms with E-state index in [1.165, 1.54) is 18.2 Å². The summed E-state index contributed by atoms with van der Waals surface area (Å²) in [7, 11) is -3.42. The van der Waals surface area contributed by atoms with Crippen molar-refractivity contribution in [1.29, 1.82) is 0 Å². The molecule has 0 aliphatic rings. The summed E-state index contributed by atoms with van der Waals surface area (Å²) >= 11 is 0. The van der Waals surface area contributed by atoms with Gasteiger partial charge >= 0.3 is 6.18 Å². The number of hydrogen-bond donors (Lipinski definition) is 1. The van der Waals surface area contributed by atoms with Gasteiger partial charge < -0.3 is 10.1 Å². The Labute approximate surface area is 179 Å². The summed E-state index contributed by atoms with van der Waals surface area (Å²) in [4.78, 5) is 0.135. The fourth-order valence-corrected chi connectivity index (χ4v) is 4.00. The highest BCUT2D eigenvalue weighted by Gasteiger charge is 2.30. The zero-order valence-corrected chi connectivity index (χ0v) is 17.8. The largest absolute Gasteiger partial charge is 0.456 e. The van der Waals surface area contributed by atoms with Crippen molar-refractivity contribution in [2.45, 2.75) is 31.0 Å². The quantitative estimate of drug-likeness (QED) is 0.449. The van der Waals surface area contributed by atoms with Crippen LogP contribution in [0.2, 0.25) is 0 Å². The Morgan fingerprint density at radius 2 is 1.55 bits per heavy atom. The number of halogens is 3. The summed E-state index contributed by atoms with van der Waals surface area (Å²) in [5.74, 6) is 0.688. The Morgan fingerprint density at radius 3 is 2.13 bits per heavy atom. The van der Waals surface area contributed by atoms with Crippen LogP contribution in [0.4, 0.5) is 18.9 Å². The highest BCUT2D eigenvalue weighted by molar-refractivity contribution is 7.91. The molecule has 0 saturated heterocycles. The van der Waals surface area contributed by atoms with Crippen molar-refractivity contribution in [3.63, 3.8) is 0 Å². The molecule has 164 valence electrons. The van der Waals surface area contributed by atoms with Gasteiger partial charge in [-0.05, 0) is 61.0 Å². The van der Waals surface area contributed by atoms with Gasteiger partial charge in [0.25, 0.3) is 0 Å². The molecule has 3 rings (SSSR count). The van der Waals surface area contributed by atoms with E-state index in [1.54, 1.807) is 49.4 Å². The van der Waals surface area contributed by atoms with Gasteiger partial charge in [-0.2, -0.15) is 13.2 Å². The molecular weight excluding hydrogens is 427 g/mol. The normalized spacial score (nSPS) is 12.9. The number of para-hydroxylation sites is 1. The predicted octanol–water partition coefficient (Wildman–Crippen LogP) is 6.46. The Morgan fingerprint density at radius 1 is 0.935 bits per heavy atom. The maximum Gasteiger partial charge on any atom is 0.416 e. The summed E-state index contributed by atoms with van der Waals surface area (Å²) in [6, 6.07) is 18.1. The van der Waals surface area contributed by atoms with Gasteiger partial charge in [-0.25, -0.2) is 8.42 Å². The van der Waals surface area contributed by atoms with Gasteiger partial charge in [0, 0.05) is 11.7 Å². The minimum Gasteiger partial charge on any atom is -0.456 e. The summed E-state index contributed by atoms with van der Waals surface area (Å²) in [5, 5.41) is 3.22. The van der Waals surface area contributed by atoms with Crippen LogP contribution in [0.15, 0.2) is 77.7 Å². The van der Waals surface area contributed by atoms with Crippen LogP contribution in [0, 0.1) is 0 Å². The number of anilines is 1. The first kappa shape index (κ1) is 22.7. The van der Waals surface area contributed by atoms with E-state index >= 15 is 0 Å². The zero-order chi connectivity index (χ0) is 22.6. The van der Waals surface area contributed by atoms with Crippen LogP contribution in [-0.4, -0.2) is 14.2 Å². The topological polar surface area (TPSA) is 55.4 Å². The molecule has 0 spiro atoms. The van der Waals surface area contributed by atoms with Crippen molar-refractivity contribution in [2.24, 2.45) is 0 Å². The molecule has 3 aromatic rings. The van der Waals surface area contributed by atoms with Crippen molar-refractivity contribution in [3.8, 4) is 11.5 Å². The molecule has 1 unspecified atom stereocenters. The smallest absolute Gasteiger partial charge is 0.416 e. The van der Waals surface area contributed by atoms with Crippen molar-refractivity contribution in [2.75, 3.05) is 11.1 Å². The Balaban J connectivity index is 1.70. The lowest BCUT2D eigenvalue weighted by molar-refractivity contribution is -0.137. The molecule has 31 heavy (non-hydrogen) atoms. The van der Waals surface area contributed by atoms with Gasteiger partial charge in [0.15, 0.2) is 9.84 Å². The molecular formula is C23H22F3NO3S. The number of hydrogen-bond acceptors (Lipinski definition) is 4. The highest BCUT2D eigenvalue weighted by atomic mass is 32.2. The van der Waals surface area contributed by atoms with Gasteiger partial charge in [0.1, 0.15) is 16.4 Å². The van der Waals surface area contributed by atoms with Gasteiger partial charge in [-0.15, -0.1) is 0 Å². The number of alkyl halides is 3. The first-order chi connectivity index (χ1) is 14.6. The maximum atomic E-state index is 12.7. The van der Waals surface area contributed by atoms with E-state index in [2.05, 4.69) is 5.32 Å². The fourth-order valence-electron chi connectivity index (χ4n) is 2.99. The van der Waals surface area contributed by atoms with Crippen molar-refractivity contribution < 1.29 is 26.3 Å². The van der Waals surface area contributed by atoms with Crippen LogP contribution in [-0.2, 0) is 16.0 Å². The molecule has 0 bridgehead atoms. The Bertz CT molecular complexity index is 1130. The summed E-state index contributed by atoms with van der Waals surface area (Å²) in [5.41, 5.74) is 0.775. The molecule has 8 heteroatoms. The minimum atomic E-state index is -4.36. The second-order valence-electron chi connectivity index (χ2n) is 6.96. The van der Waals surface area contributed by atoms with Gasteiger partial charge in [0.2, 0.25) is 0 Å². The molecule has 1 N–H and O–H groups in total. The van der Waals surface area contributed by atoms with E-state index in [9.17, 15) is 21.6 Å². The highest BCUT2D eigenvalue weighted by Crippen LogP contribution is 2.32. The molecule has 4 nitrogen and oxygen atoms in total. The first-order valence-electron chi connectivity index (χ1n) is 9.63. The molecule has 0 radical (unpaired) electrons. The molecule has 0 aromatic heterocycles. The monoisotopic (exact) mass is 449 g/mol. The molecule has 0 fully saturated rings. The van der Waals surface area contributed by atoms with E-state index in [-0.39, 0.29) is 22.4 Å². The lowest BCUT2D eigenvalue weighted by atomic mass is 10.1. The summed E-state index contributed by atoms with van der Waals surface area (Å²) < 4.78 is 68.4. The van der Waals surface area contributed by atoms with Gasteiger partial charge in [-0.3, -0.25) is 0 Å². The molecule has 0 saturated carbocycles. The summed E-state index contributed by atoms with van der Waals surface area (Å²) in [6.07, 6.45) is -4.36. The lowest BCUT2D eigenvalue weighted by Gasteiger charge is -2.17. The van der Waals surface area contributed by atoms with Crippen LogP contribution < -0.4 is 10.1 Å². The zero-order valence-electron chi connectivity index (χ0n) is 17.0. The Kier molecular flexibility index (Phi) is 6.59. The molecule has 1 atom stereocenters. The SMILES string of the molecule is CCS(=O)(=O)c1ccccc1Oc1ccc(NC(C)c2ccc(C(F)(F)F)cc2)cc1.